The second-order valence-electron chi connectivity index (χ2n) is 7.92. The second-order valence-corrected chi connectivity index (χ2v) is 7.92. The molecule has 2 N–H and O–H groups in total. The number of fused-ring (bicyclic) bond motifs is 1. The van der Waals surface area contributed by atoms with Crippen molar-refractivity contribution in [2.24, 2.45) is 5.92 Å². The molecule has 1 aliphatic carbocycles. The zero-order chi connectivity index (χ0) is 21.6. The molecule has 2 aromatic carbocycles. The average molecular weight is 421 g/mol. The Morgan fingerprint density at radius 1 is 1.00 bits per heavy atom. The highest BCUT2D eigenvalue weighted by Crippen LogP contribution is 2.36. The fourth-order valence-corrected chi connectivity index (χ4v) is 4.21. The molecular weight excluding hydrogens is 392 g/mol. The summed E-state index contributed by atoms with van der Waals surface area (Å²) >= 11 is 0. The number of methoxy groups -OCH3 is 1. The van der Waals surface area contributed by atoms with E-state index >= 15 is 0 Å². The van der Waals surface area contributed by atoms with Gasteiger partial charge in [-0.15, -0.1) is 0 Å². The zero-order valence-electron chi connectivity index (χ0n) is 17.8. The molecule has 0 saturated heterocycles. The maximum absolute atomic E-state index is 13.0. The molecule has 6 nitrogen and oxygen atoms in total. The number of carbonyl (C=O) groups excluding carboxylic acids is 2. The minimum Gasteiger partial charge on any atom is -0.497 e. The van der Waals surface area contributed by atoms with Crippen LogP contribution in [-0.4, -0.2) is 32.0 Å². The van der Waals surface area contributed by atoms with E-state index in [1.807, 2.05) is 42.5 Å². The molecule has 1 aliphatic rings. The smallest absolute Gasteiger partial charge is 0.287 e. The van der Waals surface area contributed by atoms with E-state index in [0.29, 0.717) is 24.4 Å². The van der Waals surface area contributed by atoms with Crippen LogP contribution in [0.2, 0.25) is 0 Å². The lowest BCUT2D eigenvalue weighted by atomic mass is 9.89. The van der Waals surface area contributed by atoms with E-state index in [0.717, 1.165) is 42.2 Å². The Kier molecular flexibility index (Phi) is 6.55. The van der Waals surface area contributed by atoms with Crippen LogP contribution in [0, 0.1) is 5.92 Å². The van der Waals surface area contributed by atoms with Gasteiger partial charge in [-0.25, -0.2) is 0 Å². The standard InChI is InChI=1S/C25H28N2O4/c1-30-19-12-13-20-21(16-19)31-23(22(20)17-8-4-2-5-9-17)25(29)27-15-14-26-24(28)18-10-6-3-7-11-18/h2,4-5,8-9,12-13,16,18H,3,6-7,10-11,14-15H2,1H3,(H,26,28)(H,27,29). The molecule has 2 amide bonds. The lowest BCUT2D eigenvalue weighted by Gasteiger charge is -2.20. The molecule has 0 radical (unpaired) electrons. The number of amides is 2. The molecule has 6 heteroatoms. The lowest BCUT2D eigenvalue weighted by Crippen LogP contribution is -2.38. The van der Waals surface area contributed by atoms with Crippen molar-refractivity contribution in [3.05, 3.63) is 54.3 Å². The second kappa shape index (κ2) is 9.69. The minimum absolute atomic E-state index is 0.0924. The van der Waals surface area contributed by atoms with Gasteiger partial charge in [0.05, 0.1) is 7.11 Å². The summed E-state index contributed by atoms with van der Waals surface area (Å²) in [5, 5.41) is 6.67. The summed E-state index contributed by atoms with van der Waals surface area (Å²) in [4.78, 5) is 25.2. The maximum Gasteiger partial charge on any atom is 0.287 e. The lowest BCUT2D eigenvalue weighted by molar-refractivity contribution is -0.125. The molecular formula is C25H28N2O4. The summed E-state index contributed by atoms with van der Waals surface area (Å²) in [7, 11) is 1.59. The van der Waals surface area contributed by atoms with Crippen molar-refractivity contribution in [1.29, 1.82) is 0 Å². The number of hydrogen-bond donors (Lipinski definition) is 2. The first-order chi connectivity index (χ1) is 15.2. The molecule has 0 atom stereocenters. The van der Waals surface area contributed by atoms with Crippen molar-refractivity contribution in [3.8, 4) is 16.9 Å². The number of rotatable bonds is 7. The van der Waals surface area contributed by atoms with Crippen LogP contribution in [0.5, 0.6) is 5.75 Å². The average Bonchev–Trinajstić information content (AvgIpc) is 3.21. The maximum atomic E-state index is 13.0. The van der Waals surface area contributed by atoms with Gasteiger partial charge in [0.25, 0.3) is 5.91 Å². The molecule has 31 heavy (non-hydrogen) atoms. The third kappa shape index (κ3) is 4.74. The van der Waals surface area contributed by atoms with Crippen LogP contribution in [0.4, 0.5) is 0 Å². The number of benzene rings is 2. The zero-order valence-corrected chi connectivity index (χ0v) is 17.8. The first kappa shape index (κ1) is 21.0. The normalized spacial score (nSPS) is 14.4. The largest absolute Gasteiger partial charge is 0.497 e. The first-order valence-corrected chi connectivity index (χ1v) is 10.9. The van der Waals surface area contributed by atoms with Crippen LogP contribution in [0.3, 0.4) is 0 Å². The van der Waals surface area contributed by atoms with Crippen molar-refractivity contribution in [2.75, 3.05) is 20.2 Å². The van der Waals surface area contributed by atoms with E-state index in [1.54, 1.807) is 13.2 Å². The summed E-state index contributed by atoms with van der Waals surface area (Å²) in [6.07, 6.45) is 5.37. The Bertz CT molecular complexity index is 1050. The fourth-order valence-electron chi connectivity index (χ4n) is 4.21. The van der Waals surface area contributed by atoms with Gasteiger partial charge in [0, 0.05) is 36.0 Å². The van der Waals surface area contributed by atoms with Crippen LogP contribution in [0.1, 0.15) is 42.7 Å². The fraction of sp³-hybridized carbons (Fsp3) is 0.360. The minimum atomic E-state index is -0.305. The SMILES string of the molecule is COc1ccc2c(-c3ccccc3)c(C(=O)NCCNC(=O)C3CCCCC3)oc2c1. The molecule has 1 heterocycles. The van der Waals surface area contributed by atoms with Gasteiger partial charge in [-0.2, -0.15) is 0 Å². The number of ether oxygens (including phenoxy) is 1. The Balaban J connectivity index is 1.47. The number of furan rings is 1. The Morgan fingerprint density at radius 3 is 2.48 bits per heavy atom. The third-order valence-corrected chi connectivity index (χ3v) is 5.85. The van der Waals surface area contributed by atoms with Crippen molar-refractivity contribution in [2.45, 2.75) is 32.1 Å². The van der Waals surface area contributed by atoms with Crippen molar-refractivity contribution < 1.29 is 18.7 Å². The topological polar surface area (TPSA) is 80.6 Å². The summed E-state index contributed by atoms with van der Waals surface area (Å²) in [5.41, 5.74) is 2.25. The summed E-state index contributed by atoms with van der Waals surface area (Å²) in [6, 6.07) is 15.2. The highest BCUT2D eigenvalue weighted by molar-refractivity contribution is 6.08. The first-order valence-electron chi connectivity index (χ1n) is 10.9. The molecule has 0 bridgehead atoms. The van der Waals surface area contributed by atoms with Crippen LogP contribution in [0.25, 0.3) is 22.1 Å². The summed E-state index contributed by atoms with van der Waals surface area (Å²) < 4.78 is 11.2. The molecule has 1 saturated carbocycles. The Morgan fingerprint density at radius 2 is 1.74 bits per heavy atom. The molecule has 162 valence electrons. The van der Waals surface area contributed by atoms with Crippen molar-refractivity contribution in [1.82, 2.24) is 10.6 Å². The molecule has 1 fully saturated rings. The molecule has 3 aromatic rings. The molecule has 0 unspecified atom stereocenters. The quantitative estimate of drug-likeness (QED) is 0.550. The van der Waals surface area contributed by atoms with E-state index in [2.05, 4.69) is 10.6 Å². The van der Waals surface area contributed by atoms with Gasteiger partial charge in [-0.1, -0.05) is 49.6 Å². The third-order valence-electron chi connectivity index (χ3n) is 5.85. The number of hydrogen-bond acceptors (Lipinski definition) is 4. The predicted molar refractivity (Wildman–Crippen MR) is 120 cm³/mol. The van der Waals surface area contributed by atoms with E-state index in [1.165, 1.54) is 6.42 Å². The van der Waals surface area contributed by atoms with Gasteiger partial charge in [-0.3, -0.25) is 9.59 Å². The van der Waals surface area contributed by atoms with Gasteiger partial charge in [0.1, 0.15) is 11.3 Å². The van der Waals surface area contributed by atoms with Crippen molar-refractivity contribution >= 4 is 22.8 Å². The van der Waals surface area contributed by atoms with E-state index in [-0.39, 0.29) is 23.5 Å². The Labute approximate surface area is 182 Å². The highest BCUT2D eigenvalue weighted by Gasteiger charge is 2.23. The summed E-state index contributed by atoms with van der Waals surface area (Å²) in [6.45, 7) is 0.738. The van der Waals surface area contributed by atoms with Gasteiger partial charge in [-0.05, 0) is 30.5 Å². The molecule has 0 aliphatic heterocycles. The van der Waals surface area contributed by atoms with Gasteiger partial charge in [0.15, 0.2) is 0 Å². The number of nitrogens with one attached hydrogen (secondary N) is 2. The van der Waals surface area contributed by atoms with Crippen molar-refractivity contribution in [3.63, 3.8) is 0 Å². The Hall–Kier alpha value is -3.28. The van der Waals surface area contributed by atoms with Crippen LogP contribution in [-0.2, 0) is 4.79 Å². The summed E-state index contributed by atoms with van der Waals surface area (Å²) in [5.74, 6) is 0.821. The van der Waals surface area contributed by atoms with Gasteiger partial charge in [0.2, 0.25) is 11.7 Å². The van der Waals surface area contributed by atoms with E-state index in [4.69, 9.17) is 9.15 Å². The van der Waals surface area contributed by atoms with Gasteiger partial charge < -0.3 is 19.8 Å². The molecule has 0 spiro atoms. The van der Waals surface area contributed by atoms with Crippen LogP contribution < -0.4 is 15.4 Å². The van der Waals surface area contributed by atoms with Gasteiger partial charge >= 0.3 is 0 Å². The van der Waals surface area contributed by atoms with Crippen LogP contribution in [0.15, 0.2) is 52.9 Å². The molecule has 1 aromatic heterocycles. The highest BCUT2D eigenvalue weighted by atomic mass is 16.5. The molecule has 4 rings (SSSR count). The number of carbonyl (C=O) groups is 2. The van der Waals surface area contributed by atoms with E-state index in [9.17, 15) is 9.59 Å². The predicted octanol–water partition coefficient (Wildman–Crippen LogP) is 4.53. The monoisotopic (exact) mass is 420 g/mol. The van der Waals surface area contributed by atoms with Crippen LogP contribution >= 0.6 is 0 Å². The van der Waals surface area contributed by atoms with E-state index < -0.39 is 0 Å².